The Hall–Kier alpha value is -3.09. The molecule has 6 nitrogen and oxygen atoms in total. The second-order valence-electron chi connectivity index (χ2n) is 6.95. The zero-order valence-electron chi connectivity index (χ0n) is 17.0. The van der Waals surface area contributed by atoms with Gasteiger partial charge < -0.3 is 20.4 Å². The van der Waals surface area contributed by atoms with Crippen molar-refractivity contribution in [1.82, 2.24) is 15.5 Å². The summed E-state index contributed by atoms with van der Waals surface area (Å²) in [4.78, 5) is 20.7. The fourth-order valence-electron chi connectivity index (χ4n) is 3.49. The second-order valence-corrected chi connectivity index (χ2v) is 6.95. The van der Waals surface area contributed by atoms with E-state index >= 15 is 0 Å². The highest BCUT2D eigenvalue weighted by atomic mass is 19.1. The van der Waals surface area contributed by atoms with Gasteiger partial charge in [0, 0.05) is 58.1 Å². The summed E-state index contributed by atoms with van der Waals surface area (Å²) in [7, 11) is 3.43. The molecule has 1 saturated heterocycles. The lowest BCUT2D eigenvalue weighted by atomic mass is 10.1. The first-order chi connectivity index (χ1) is 14.1. The van der Waals surface area contributed by atoms with Crippen LogP contribution >= 0.6 is 0 Å². The Morgan fingerprint density at radius 3 is 2.48 bits per heavy atom. The summed E-state index contributed by atoms with van der Waals surface area (Å²) < 4.78 is 13.1. The maximum Gasteiger partial charge on any atom is 0.251 e. The van der Waals surface area contributed by atoms with Crippen LogP contribution in [0.2, 0.25) is 0 Å². The van der Waals surface area contributed by atoms with E-state index in [0.29, 0.717) is 5.56 Å². The average Bonchev–Trinajstić information content (AvgIpc) is 2.77. The largest absolute Gasteiger partial charge is 0.368 e. The summed E-state index contributed by atoms with van der Waals surface area (Å²) in [5.41, 5.74) is 2.83. The number of hydrogen-bond acceptors (Lipinski definition) is 3. The number of anilines is 1. The van der Waals surface area contributed by atoms with Gasteiger partial charge in [-0.3, -0.25) is 9.79 Å². The van der Waals surface area contributed by atoms with Crippen LogP contribution in [0, 0.1) is 5.82 Å². The van der Waals surface area contributed by atoms with Gasteiger partial charge in [0.25, 0.3) is 5.91 Å². The molecule has 154 valence electrons. The molecule has 1 aliphatic heterocycles. The maximum atomic E-state index is 13.1. The Morgan fingerprint density at radius 2 is 1.83 bits per heavy atom. The zero-order valence-corrected chi connectivity index (χ0v) is 17.0. The molecule has 0 radical (unpaired) electrons. The Labute approximate surface area is 171 Å². The normalized spacial score (nSPS) is 14.7. The van der Waals surface area contributed by atoms with Crippen LogP contribution in [0.15, 0.2) is 53.5 Å². The van der Waals surface area contributed by atoms with E-state index in [4.69, 9.17) is 0 Å². The van der Waals surface area contributed by atoms with Crippen LogP contribution in [0.1, 0.15) is 15.9 Å². The molecule has 29 heavy (non-hydrogen) atoms. The van der Waals surface area contributed by atoms with E-state index in [1.54, 1.807) is 14.1 Å². The summed E-state index contributed by atoms with van der Waals surface area (Å²) in [6.45, 7) is 4.16. The number of carbonyl (C=O) groups is 1. The SMILES string of the molecule is CN=C(NCCc1cccc(C(=O)NC)c1)N1CCN(c2ccc(F)cc2)CC1. The molecule has 0 spiro atoms. The van der Waals surface area contributed by atoms with Gasteiger partial charge in [-0.1, -0.05) is 12.1 Å². The number of amides is 1. The third-order valence-corrected chi connectivity index (χ3v) is 5.10. The van der Waals surface area contributed by atoms with Crippen molar-refractivity contribution < 1.29 is 9.18 Å². The van der Waals surface area contributed by atoms with E-state index in [2.05, 4.69) is 25.4 Å². The molecule has 0 atom stereocenters. The van der Waals surface area contributed by atoms with Crippen LogP contribution in [0.3, 0.4) is 0 Å². The number of nitrogens with one attached hydrogen (secondary N) is 2. The van der Waals surface area contributed by atoms with E-state index in [1.807, 2.05) is 36.4 Å². The van der Waals surface area contributed by atoms with E-state index in [0.717, 1.165) is 56.4 Å². The van der Waals surface area contributed by atoms with Gasteiger partial charge in [-0.25, -0.2) is 4.39 Å². The van der Waals surface area contributed by atoms with E-state index in [9.17, 15) is 9.18 Å². The summed E-state index contributed by atoms with van der Waals surface area (Å²) in [5, 5.41) is 6.07. The fourth-order valence-corrected chi connectivity index (χ4v) is 3.49. The van der Waals surface area contributed by atoms with Gasteiger partial charge in [0.1, 0.15) is 5.82 Å². The van der Waals surface area contributed by atoms with Crippen molar-refractivity contribution in [2.45, 2.75) is 6.42 Å². The Morgan fingerprint density at radius 1 is 1.10 bits per heavy atom. The number of aliphatic imine (C=N–C) groups is 1. The standard InChI is InChI=1S/C22H28FN5O/c1-24-21(29)18-5-3-4-17(16-18)10-11-26-22(25-2)28-14-12-27(13-15-28)20-8-6-19(23)7-9-20/h3-9,16H,10-15H2,1-2H3,(H,24,29)(H,25,26). The molecule has 2 aromatic carbocycles. The number of carbonyl (C=O) groups excluding carboxylic acids is 1. The molecule has 0 saturated carbocycles. The van der Waals surface area contributed by atoms with Crippen molar-refractivity contribution in [3.63, 3.8) is 0 Å². The minimum atomic E-state index is -0.210. The number of benzene rings is 2. The summed E-state index contributed by atoms with van der Waals surface area (Å²) in [6.07, 6.45) is 0.805. The monoisotopic (exact) mass is 397 g/mol. The molecule has 0 aliphatic carbocycles. The van der Waals surface area contributed by atoms with Gasteiger partial charge in [-0.15, -0.1) is 0 Å². The Balaban J connectivity index is 1.49. The summed E-state index contributed by atoms with van der Waals surface area (Å²) in [6, 6.07) is 14.3. The summed E-state index contributed by atoms with van der Waals surface area (Å²) >= 11 is 0. The van der Waals surface area contributed by atoms with Crippen molar-refractivity contribution >= 4 is 17.6 Å². The van der Waals surface area contributed by atoms with Gasteiger partial charge >= 0.3 is 0 Å². The van der Waals surface area contributed by atoms with Gasteiger partial charge in [0.15, 0.2) is 5.96 Å². The number of nitrogens with zero attached hydrogens (tertiary/aromatic N) is 3. The van der Waals surface area contributed by atoms with Crippen molar-refractivity contribution in [2.75, 3.05) is 51.7 Å². The molecule has 2 N–H and O–H groups in total. The van der Waals surface area contributed by atoms with Crippen molar-refractivity contribution in [1.29, 1.82) is 0 Å². The first kappa shape index (κ1) is 20.6. The molecule has 0 unspecified atom stereocenters. The van der Waals surface area contributed by atoms with Crippen LogP contribution in [0.5, 0.6) is 0 Å². The summed E-state index contributed by atoms with van der Waals surface area (Å²) in [5.74, 6) is 0.596. The van der Waals surface area contributed by atoms with Crippen molar-refractivity contribution in [3.8, 4) is 0 Å². The highest BCUT2D eigenvalue weighted by Crippen LogP contribution is 2.17. The molecule has 0 bridgehead atoms. The van der Waals surface area contributed by atoms with E-state index in [-0.39, 0.29) is 11.7 Å². The zero-order chi connectivity index (χ0) is 20.6. The Bertz CT molecular complexity index is 845. The number of rotatable bonds is 5. The Kier molecular flexibility index (Phi) is 7.05. The topological polar surface area (TPSA) is 60.0 Å². The first-order valence-electron chi connectivity index (χ1n) is 9.88. The van der Waals surface area contributed by atoms with Crippen LogP contribution in [0.4, 0.5) is 10.1 Å². The van der Waals surface area contributed by atoms with E-state index in [1.165, 1.54) is 12.1 Å². The molecule has 2 aromatic rings. The minimum absolute atomic E-state index is 0.0744. The van der Waals surface area contributed by atoms with E-state index < -0.39 is 0 Å². The lowest BCUT2D eigenvalue weighted by molar-refractivity contribution is 0.0963. The second kappa shape index (κ2) is 9.91. The van der Waals surface area contributed by atoms with Gasteiger partial charge in [0.05, 0.1) is 0 Å². The van der Waals surface area contributed by atoms with Gasteiger partial charge in [-0.2, -0.15) is 0 Å². The molecule has 1 aliphatic rings. The molecule has 0 aromatic heterocycles. The quantitative estimate of drug-likeness (QED) is 0.599. The predicted molar refractivity (Wildman–Crippen MR) is 115 cm³/mol. The molecule has 1 fully saturated rings. The molecule has 1 amide bonds. The van der Waals surface area contributed by atoms with Crippen LogP contribution < -0.4 is 15.5 Å². The third kappa shape index (κ3) is 5.47. The lowest BCUT2D eigenvalue weighted by Gasteiger charge is -2.37. The first-order valence-corrected chi connectivity index (χ1v) is 9.88. The lowest BCUT2D eigenvalue weighted by Crippen LogP contribution is -2.52. The fraction of sp³-hybridized carbons (Fsp3) is 0.364. The third-order valence-electron chi connectivity index (χ3n) is 5.10. The molecular formula is C22H28FN5O. The average molecular weight is 397 g/mol. The number of piperazine rings is 1. The molecule has 1 heterocycles. The minimum Gasteiger partial charge on any atom is -0.368 e. The number of hydrogen-bond donors (Lipinski definition) is 2. The highest BCUT2D eigenvalue weighted by Gasteiger charge is 2.19. The van der Waals surface area contributed by atoms with Crippen LogP contribution in [0.25, 0.3) is 0 Å². The van der Waals surface area contributed by atoms with Gasteiger partial charge in [0.2, 0.25) is 0 Å². The predicted octanol–water partition coefficient (Wildman–Crippen LogP) is 2.13. The smallest absolute Gasteiger partial charge is 0.251 e. The highest BCUT2D eigenvalue weighted by molar-refractivity contribution is 5.94. The number of halogens is 1. The number of guanidine groups is 1. The molecular weight excluding hydrogens is 369 g/mol. The van der Waals surface area contributed by atoms with Gasteiger partial charge in [-0.05, 0) is 48.4 Å². The molecule has 7 heteroatoms. The van der Waals surface area contributed by atoms with Crippen molar-refractivity contribution in [2.24, 2.45) is 4.99 Å². The molecule has 3 rings (SSSR count). The van der Waals surface area contributed by atoms with Crippen molar-refractivity contribution in [3.05, 3.63) is 65.5 Å². The van der Waals surface area contributed by atoms with Crippen LogP contribution in [-0.2, 0) is 6.42 Å². The van der Waals surface area contributed by atoms with Crippen LogP contribution in [-0.4, -0.2) is 63.6 Å². The maximum absolute atomic E-state index is 13.1.